The molecule has 0 aliphatic rings. The first-order chi connectivity index (χ1) is 12.0. The van der Waals surface area contributed by atoms with Crippen LogP contribution in [-0.4, -0.2) is 20.9 Å². The summed E-state index contributed by atoms with van der Waals surface area (Å²) in [6.45, 7) is 0. The van der Waals surface area contributed by atoms with Gasteiger partial charge in [-0.2, -0.15) is 0 Å². The number of hydrogen-bond donors (Lipinski definition) is 2. The highest BCUT2D eigenvalue weighted by Gasteiger charge is 2.13. The lowest BCUT2D eigenvalue weighted by atomic mass is 10.1. The van der Waals surface area contributed by atoms with Crippen molar-refractivity contribution in [2.24, 2.45) is 0 Å². The van der Waals surface area contributed by atoms with Crippen molar-refractivity contribution in [1.29, 1.82) is 0 Å². The molecule has 0 unspecified atom stereocenters. The third-order valence-corrected chi connectivity index (χ3v) is 4.01. The minimum Gasteiger partial charge on any atom is -0.459 e. The summed E-state index contributed by atoms with van der Waals surface area (Å²) in [4.78, 5) is 26.5. The fourth-order valence-electron chi connectivity index (χ4n) is 1.94. The zero-order valence-electron chi connectivity index (χ0n) is 12.5. The molecular weight excluding hydrogens is 364 g/mol. The summed E-state index contributed by atoms with van der Waals surface area (Å²) in [5.74, 6) is -0.335. The topological polar surface area (TPSA) is 110 Å². The van der Waals surface area contributed by atoms with Crippen LogP contribution in [0, 0.1) is 10.1 Å². The predicted molar refractivity (Wildman–Crippen MR) is 96.6 cm³/mol. The number of nitrogens with zero attached hydrogens (tertiary/aromatic N) is 2. The Morgan fingerprint density at radius 2 is 2.16 bits per heavy atom. The van der Waals surface area contributed by atoms with Gasteiger partial charge in [0.25, 0.3) is 11.6 Å². The lowest BCUT2D eigenvalue weighted by molar-refractivity contribution is -0.384. The number of nitro benzene ring substituents is 1. The molecule has 10 heteroatoms. The smallest absolute Gasteiger partial charge is 0.293 e. The lowest BCUT2D eigenvalue weighted by Gasteiger charge is -2.05. The van der Waals surface area contributed by atoms with Gasteiger partial charge in [0, 0.05) is 23.1 Å². The summed E-state index contributed by atoms with van der Waals surface area (Å²) in [6, 6.07) is 9.28. The van der Waals surface area contributed by atoms with Gasteiger partial charge in [0.1, 0.15) is 0 Å². The van der Waals surface area contributed by atoms with Crippen LogP contribution in [0.2, 0.25) is 0 Å². The Morgan fingerprint density at radius 1 is 1.32 bits per heavy atom. The lowest BCUT2D eigenvalue weighted by Crippen LogP contribution is -2.33. The molecule has 0 radical (unpaired) electrons. The number of aromatic nitrogens is 1. The summed E-state index contributed by atoms with van der Waals surface area (Å²) >= 11 is 6.32. The molecule has 2 N–H and O–H groups in total. The van der Waals surface area contributed by atoms with Gasteiger partial charge in [0.15, 0.2) is 16.0 Å². The van der Waals surface area contributed by atoms with E-state index in [0.29, 0.717) is 16.4 Å². The van der Waals surface area contributed by atoms with Gasteiger partial charge in [0.2, 0.25) is 0 Å². The Hall–Kier alpha value is -3.11. The van der Waals surface area contributed by atoms with Crippen molar-refractivity contribution >= 4 is 45.4 Å². The number of amides is 1. The second-order valence-electron chi connectivity index (χ2n) is 4.73. The first-order valence-electron chi connectivity index (χ1n) is 6.89. The molecule has 3 aromatic rings. The number of nitrogens with one attached hydrogen (secondary N) is 2. The molecule has 0 aliphatic heterocycles. The van der Waals surface area contributed by atoms with E-state index in [-0.39, 0.29) is 16.6 Å². The van der Waals surface area contributed by atoms with Gasteiger partial charge in [-0.05, 0) is 24.4 Å². The maximum absolute atomic E-state index is 11.8. The van der Waals surface area contributed by atoms with E-state index in [1.165, 1.54) is 35.8 Å². The maximum Gasteiger partial charge on any atom is 0.293 e. The molecule has 126 valence electrons. The molecule has 0 spiro atoms. The summed E-state index contributed by atoms with van der Waals surface area (Å²) in [7, 11) is 0. The van der Waals surface area contributed by atoms with E-state index in [2.05, 4.69) is 15.6 Å². The average molecular weight is 374 g/mol. The SMILES string of the molecule is O=C(NC(=S)Nc1nc(-c2cccc([N+](=O)[O-])c2)cs1)c1ccco1. The molecule has 0 atom stereocenters. The van der Waals surface area contributed by atoms with Crippen LogP contribution in [0.1, 0.15) is 10.6 Å². The number of rotatable bonds is 4. The van der Waals surface area contributed by atoms with Gasteiger partial charge < -0.3 is 9.73 Å². The molecule has 0 saturated carbocycles. The molecule has 3 rings (SSSR count). The third-order valence-electron chi connectivity index (χ3n) is 3.05. The number of non-ortho nitro benzene ring substituents is 1. The van der Waals surface area contributed by atoms with Crippen LogP contribution in [-0.2, 0) is 0 Å². The highest BCUT2D eigenvalue weighted by Crippen LogP contribution is 2.27. The molecule has 2 heterocycles. The van der Waals surface area contributed by atoms with Crippen LogP contribution < -0.4 is 10.6 Å². The minimum absolute atomic E-state index is 0.0127. The van der Waals surface area contributed by atoms with Crippen LogP contribution in [0.5, 0.6) is 0 Å². The number of hydrogen-bond acceptors (Lipinski definition) is 7. The van der Waals surface area contributed by atoms with Gasteiger partial charge >= 0.3 is 0 Å². The van der Waals surface area contributed by atoms with E-state index < -0.39 is 10.8 Å². The summed E-state index contributed by atoms with van der Waals surface area (Å²) in [5, 5.41) is 18.4. The summed E-state index contributed by atoms with van der Waals surface area (Å²) < 4.78 is 4.97. The van der Waals surface area contributed by atoms with Gasteiger partial charge in [0.05, 0.1) is 16.9 Å². The maximum atomic E-state index is 11.8. The summed E-state index contributed by atoms with van der Waals surface area (Å²) in [5.41, 5.74) is 1.17. The van der Waals surface area contributed by atoms with Gasteiger partial charge in [-0.1, -0.05) is 12.1 Å². The van der Waals surface area contributed by atoms with Gasteiger partial charge in [-0.3, -0.25) is 20.2 Å². The number of thiazole rings is 1. The van der Waals surface area contributed by atoms with Crippen molar-refractivity contribution in [3.63, 3.8) is 0 Å². The highest BCUT2D eigenvalue weighted by atomic mass is 32.1. The fourth-order valence-corrected chi connectivity index (χ4v) is 2.92. The van der Waals surface area contributed by atoms with E-state index in [1.54, 1.807) is 23.6 Å². The van der Waals surface area contributed by atoms with Crippen molar-refractivity contribution in [3.8, 4) is 11.3 Å². The van der Waals surface area contributed by atoms with Crippen LogP contribution in [0.25, 0.3) is 11.3 Å². The zero-order chi connectivity index (χ0) is 17.8. The number of furan rings is 1. The van der Waals surface area contributed by atoms with E-state index >= 15 is 0 Å². The van der Waals surface area contributed by atoms with Crippen molar-refractivity contribution in [2.45, 2.75) is 0 Å². The van der Waals surface area contributed by atoms with Crippen LogP contribution in [0.3, 0.4) is 0 Å². The van der Waals surface area contributed by atoms with Gasteiger partial charge in [-0.25, -0.2) is 4.98 Å². The van der Waals surface area contributed by atoms with E-state index in [1.807, 2.05) is 0 Å². The third kappa shape index (κ3) is 4.05. The summed E-state index contributed by atoms with van der Waals surface area (Å²) in [6.07, 6.45) is 1.39. The normalized spacial score (nSPS) is 10.2. The fraction of sp³-hybridized carbons (Fsp3) is 0. The zero-order valence-corrected chi connectivity index (χ0v) is 14.1. The van der Waals surface area contributed by atoms with E-state index in [0.717, 1.165) is 0 Å². The number of anilines is 1. The average Bonchev–Trinajstić information content (AvgIpc) is 3.26. The van der Waals surface area contributed by atoms with Crippen molar-refractivity contribution < 1.29 is 14.1 Å². The molecule has 0 saturated heterocycles. The number of benzene rings is 1. The monoisotopic (exact) mass is 374 g/mol. The van der Waals surface area contributed by atoms with Crippen LogP contribution >= 0.6 is 23.6 Å². The Kier molecular flexibility index (Phi) is 4.82. The van der Waals surface area contributed by atoms with Crippen molar-refractivity contribution in [3.05, 3.63) is 63.9 Å². The Bertz CT molecular complexity index is 937. The van der Waals surface area contributed by atoms with E-state index in [4.69, 9.17) is 16.6 Å². The van der Waals surface area contributed by atoms with Crippen molar-refractivity contribution in [1.82, 2.24) is 10.3 Å². The molecular formula is C15H10N4O4S2. The molecule has 0 bridgehead atoms. The number of thiocarbonyl (C=S) groups is 1. The second-order valence-corrected chi connectivity index (χ2v) is 6.00. The molecule has 1 amide bonds. The molecule has 1 aromatic carbocycles. The van der Waals surface area contributed by atoms with Crippen LogP contribution in [0.15, 0.2) is 52.5 Å². The number of carbonyl (C=O) groups is 1. The Morgan fingerprint density at radius 3 is 2.88 bits per heavy atom. The van der Waals surface area contributed by atoms with Crippen molar-refractivity contribution in [2.75, 3.05) is 5.32 Å². The Labute approximate surface area is 150 Å². The molecule has 2 aromatic heterocycles. The van der Waals surface area contributed by atoms with Gasteiger partial charge in [-0.15, -0.1) is 11.3 Å². The second kappa shape index (κ2) is 7.20. The molecule has 8 nitrogen and oxygen atoms in total. The predicted octanol–water partition coefficient (Wildman–Crippen LogP) is 3.44. The number of nitro groups is 1. The largest absolute Gasteiger partial charge is 0.459 e. The quantitative estimate of drug-likeness (QED) is 0.409. The minimum atomic E-state index is -0.474. The molecule has 0 aliphatic carbocycles. The first-order valence-corrected chi connectivity index (χ1v) is 8.18. The number of carbonyl (C=O) groups excluding carboxylic acids is 1. The van der Waals surface area contributed by atoms with E-state index in [9.17, 15) is 14.9 Å². The highest BCUT2D eigenvalue weighted by molar-refractivity contribution is 7.80. The van der Waals surface area contributed by atoms with Crippen LogP contribution in [0.4, 0.5) is 10.8 Å². The molecule has 0 fully saturated rings. The molecule has 25 heavy (non-hydrogen) atoms. The standard InChI is InChI=1S/C15H10N4O4S2/c20-13(12-5-2-6-23-12)17-14(24)18-15-16-11(8-25-15)9-3-1-4-10(7-9)19(21)22/h1-8H,(H2,16,17,18,20,24). The Balaban J connectivity index is 1.67. The first kappa shape index (κ1) is 16.7.